The minimum Gasteiger partial charge on any atom is -0.464 e. The first-order valence-electron chi connectivity index (χ1n) is 14.9. The zero-order valence-electron chi connectivity index (χ0n) is 26.7. The Labute approximate surface area is 261 Å². The molecule has 0 unspecified atom stereocenters. The maximum Gasteiger partial charge on any atom is 0.338 e. The zero-order valence-corrected chi connectivity index (χ0v) is 26.7. The van der Waals surface area contributed by atoms with Crippen LogP contribution in [0.25, 0.3) is 0 Å². The van der Waals surface area contributed by atoms with E-state index in [-0.39, 0.29) is 5.56 Å². The molecule has 1 spiro atoms. The van der Waals surface area contributed by atoms with E-state index in [0.29, 0.717) is 0 Å². The third-order valence-electron chi connectivity index (χ3n) is 9.16. The van der Waals surface area contributed by atoms with Crippen molar-refractivity contribution in [1.29, 1.82) is 0 Å². The van der Waals surface area contributed by atoms with Crippen molar-refractivity contribution in [2.45, 2.75) is 109 Å². The van der Waals surface area contributed by atoms with E-state index in [1.54, 1.807) is 45.9 Å². The number of aliphatic hydroxyl groups excluding tert-OH is 1. The molecule has 1 heterocycles. The SMILES string of the molecule is CC(=O)O[C@H]1[C@@H]2[C@@H](O)[C@@]3(OC2(C)C)[C@](COC(=O)C(C)C)([C@@H]1OC(=O)c1ccccc1)[C@@H](OC(C)=O)[C@@H](OC(C)=O)C[C@]3(C)O. The van der Waals surface area contributed by atoms with Crippen LogP contribution in [0.3, 0.4) is 0 Å². The molecule has 4 rings (SSSR count). The molecule has 1 aromatic rings. The van der Waals surface area contributed by atoms with Gasteiger partial charge in [-0.05, 0) is 32.9 Å². The van der Waals surface area contributed by atoms with Gasteiger partial charge in [0.25, 0.3) is 0 Å². The normalized spacial score (nSPS) is 36.3. The van der Waals surface area contributed by atoms with E-state index in [9.17, 15) is 34.2 Å². The number of fused-ring (bicyclic) bond motifs is 1. The van der Waals surface area contributed by atoms with Gasteiger partial charge in [-0.25, -0.2) is 4.79 Å². The third-order valence-corrected chi connectivity index (χ3v) is 9.16. The smallest absolute Gasteiger partial charge is 0.338 e. The molecule has 248 valence electrons. The van der Waals surface area contributed by atoms with Gasteiger partial charge in [0.2, 0.25) is 0 Å². The van der Waals surface area contributed by atoms with Crippen LogP contribution < -0.4 is 0 Å². The van der Waals surface area contributed by atoms with Crippen molar-refractivity contribution < 1.29 is 62.6 Å². The van der Waals surface area contributed by atoms with Crippen molar-refractivity contribution in [2.75, 3.05) is 6.61 Å². The van der Waals surface area contributed by atoms with E-state index in [1.807, 2.05) is 0 Å². The summed E-state index contributed by atoms with van der Waals surface area (Å²) in [5.74, 6) is -5.86. The number of carbonyl (C=O) groups is 5. The van der Waals surface area contributed by atoms with Gasteiger partial charge in [-0.15, -0.1) is 0 Å². The summed E-state index contributed by atoms with van der Waals surface area (Å²) < 4.78 is 35.9. The Morgan fingerprint density at radius 3 is 2.00 bits per heavy atom. The molecule has 2 N–H and O–H groups in total. The highest BCUT2D eigenvalue weighted by Crippen LogP contribution is 2.69. The lowest BCUT2D eigenvalue weighted by Gasteiger charge is -2.66. The van der Waals surface area contributed by atoms with Crippen molar-refractivity contribution >= 4 is 29.8 Å². The number of ether oxygens (including phenoxy) is 6. The predicted octanol–water partition coefficient (Wildman–Crippen LogP) is 1.89. The molecule has 13 nitrogen and oxygen atoms in total. The Morgan fingerprint density at radius 1 is 0.889 bits per heavy atom. The molecule has 0 amide bonds. The maximum atomic E-state index is 13.8. The minimum absolute atomic E-state index is 0.101. The van der Waals surface area contributed by atoms with Crippen LogP contribution in [0.4, 0.5) is 0 Å². The average molecular weight is 635 g/mol. The summed E-state index contributed by atoms with van der Waals surface area (Å²) in [5.41, 5.74) is -7.82. The van der Waals surface area contributed by atoms with E-state index in [4.69, 9.17) is 28.4 Å². The first kappa shape index (κ1) is 34.3. The van der Waals surface area contributed by atoms with Gasteiger partial charge in [0.05, 0.1) is 34.7 Å². The van der Waals surface area contributed by atoms with Crippen molar-refractivity contribution in [1.82, 2.24) is 0 Å². The van der Waals surface area contributed by atoms with Gasteiger partial charge in [-0.3, -0.25) is 19.2 Å². The van der Waals surface area contributed by atoms with E-state index in [2.05, 4.69) is 0 Å². The fourth-order valence-corrected chi connectivity index (χ4v) is 7.66. The maximum absolute atomic E-state index is 13.8. The minimum atomic E-state index is -2.22. The zero-order chi connectivity index (χ0) is 33.7. The lowest BCUT2D eigenvalue weighted by Crippen LogP contribution is -2.85. The summed E-state index contributed by atoms with van der Waals surface area (Å²) in [6, 6.07) is 7.86. The molecule has 0 aromatic heterocycles. The van der Waals surface area contributed by atoms with Crippen LogP contribution in [-0.4, -0.2) is 94.0 Å². The third kappa shape index (κ3) is 5.59. The summed E-state index contributed by atoms with van der Waals surface area (Å²) >= 11 is 0. The molecule has 45 heavy (non-hydrogen) atoms. The highest BCUT2D eigenvalue weighted by molar-refractivity contribution is 5.89. The number of esters is 5. The Hall–Kier alpha value is -3.55. The van der Waals surface area contributed by atoms with Crippen LogP contribution in [0.15, 0.2) is 30.3 Å². The molecule has 3 fully saturated rings. The summed E-state index contributed by atoms with van der Waals surface area (Å²) in [6.07, 6.45) is -8.33. The summed E-state index contributed by atoms with van der Waals surface area (Å²) in [7, 11) is 0. The molecule has 1 aliphatic heterocycles. The molecule has 1 saturated heterocycles. The standard InChI is InChI=1S/C32H42O13/c1-16(2)27(37)40-15-31-25(43-19(5)35)21(41-17(3)33)14-30(8,39)32(31)24(36)22(29(6,7)45-32)23(42-18(4)34)26(31)44-28(38)20-12-10-9-11-13-20/h9-13,16,21-26,36,39H,14-15H2,1-8H3/t21-,22+,23-,24+,25-,26+,30-,31-,32-/m0/s1. The molecule has 1 aromatic carbocycles. The van der Waals surface area contributed by atoms with Crippen LogP contribution >= 0.6 is 0 Å². The van der Waals surface area contributed by atoms with Crippen LogP contribution in [-0.2, 0) is 47.6 Å². The van der Waals surface area contributed by atoms with Crippen LogP contribution in [0.1, 0.15) is 72.2 Å². The van der Waals surface area contributed by atoms with Crippen molar-refractivity contribution in [2.24, 2.45) is 17.3 Å². The van der Waals surface area contributed by atoms with E-state index >= 15 is 0 Å². The van der Waals surface area contributed by atoms with Crippen molar-refractivity contribution in [3.05, 3.63) is 35.9 Å². The highest BCUT2D eigenvalue weighted by atomic mass is 16.6. The fraction of sp³-hybridized carbons (Fsp3) is 0.656. The number of aliphatic hydroxyl groups is 2. The Bertz CT molecular complexity index is 1340. The molecular formula is C32H42O13. The van der Waals surface area contributed by atoms with Crippen molar-refractivity contribution in [3.8, 4) is 0 Å². The first-order chi connectivity index (χ1) is 20.8. The summed E-state index contributed by atoms with van der Waals surface area (Å²) in [4.78, 5) is 64.6. The number of rotatable bonds is 8. The number of hydrogen-bond donors (Lipinski definition) is 2. The molecule has 3 aliphatic rings. The van der Waals surface area contributed by atoms with Gasteiger partial charge in [0.1, 0.15) is 29.8 Å². The van der Waals surface area contributed by atoms with Gasteiger partial charge < -0.3 is 38.6 Å². The van der Waals surface area contributed by atoms with Crippen LogP contribution in [0.5, 0.6) is 0 Å². The topological polar surface area (TPSA) is 181 Å². The lowest BCUT2D eigenvalue weighted by molar-refractivity contribution is -0.363. The molecule has 2 saturated carbocycles. The van der Waals surface area contributed by atoms with Gasteiger partial charge >= 0.3 is 29.8 Å². The largest absolute Gasteiger partial charge is 0.464 e. The monoisotopic (exact) mass is 634 g/mol. The van der Waals surface area contributed by atoms with E-state index in [0.717, 1.165) is 20.8 Å². The molecular weight excluding hydrogens is 592 g/mol. The van der Waals surface area contributed by atoms with Gasteiger partial charge in [0, 0.05) is 27.2 Å². The Kier molecular flexibility index (Phi) is 9.15. The summed E-state index contributed by atoms with van der Waals surface area (Å²) in [6.45, 7) is 10.3. The first-order valence-corrected chi connectivity index (χ1v) is 14.9. The van der Waals surface area contributed by atoms with E-state index < -0.39 is 107 Å². The molecule has 13 heteroatoms. The molecule has 2 aliphatic carbocycles. The second kappa shape index (κ2) is 12.0. The second-order valence-corrected chi connectivity index (χ2v) is 13.1. The van der Waals surface area contributed by atoms with Crippen LogP contribution in [0.2, 0.25) is 0 Å². The fourth-order valence-electron chi connectivity index (χ4n) is 7.66. The molecule has 9 atom stereocenters. The Balaban J connectivity index is 2.12. The molecule has 2 bridgehead atoms. The van der Waals surface area contributed by atoms with E-state index in [1.165, 1.54) is 19.1 Å². The second-order valence-electron chi connectivity index (χ2n) is 13.1. The quantitative estimate of drug-likeness (QED) is 0.313. The van der Waals surface area contributed by atoms with Crippen LogP contribution in [0, 0.1) is 17.3 Å². The van der Waals surface area contributed by atoms with Gasteiger partial charge in [-0.2, -0.15) is 0 Å². The Morgan fingerprint density at radius 2 is 1.47 bits per heavy atom. The van der Waals surface area contributed by atoms with Gasteiger partial charge in [0.15, 0.2) is 12.2 Å². The average Bonchev–Trinajstić information content (AvgIpc) is 3.10. The molecule has 0 radical (unpaired) electrons. The lowest BCUT2D eigenvalue weighted by atomic mass is 9.45. The highest BCUT2D eigenvalue weighted by Gasteiger charge is 2.88. The number of carbonyl (C=O) groups excluding carboxylic acids is 5. The number of benzene rings is 1. The van der Waals surface area contributed by atoms with Gasteiger partial charge in [-0.1, -0.05) is 32.0 Å². The predicted molar refractivity (Wildman–Crippen MR) is 153 cm³/mol. The number of hydrogen-bond acceptors (Lipinski definition) is 13. The summed E-state index contributed by atoms with van der Waals surface area (Å²) in [5, 5.41) is 24.6. The van der Waals surface area contributed by atoms with Crippen molar-refractivity contribution in [3.63, 3.8) is 0 Å².